The minimum absolute atomic E-state index is 0.0136. The van der Waals surface area contributed by atoms with Gasteiger partial charge in [-0.3, -0.25) is 4.79 Å². The molecular weight excluding hydrogens is 436 g/mol. The summed E-state index contributed by atoms with van der Waals surface area (Å²) in [6.45, 7) is 2.35. The van der Waals surface area contributed by atoms with Crippen LogP contribution in [0.4, 0.5) is 0 Å². The molecule has 0 atom stereocenters. The van der Waals surface area contributed by atoms with Gasteiger partial charge in [0.1, 0.15) is 0 Å². The number of amides is 1. The summed E-state index contributed by atoms with van der Waals surface area (Å²) in [6.07, 6.45) is 0. The van der Waals surface area contributed by atoms with Gasteiger partial charge in [0.25, 0.3) is 5.91 Å². The average Bonchev–Trinajstić information content (AvgIpc) is 2.78. The molecule has 2 aromatic carbocycles. The zero-order valence-electron chi connectivity index (χ0n) is 19.2. The molecule has 0 radical (unpaired) electrons. The highest BCUT2D eigenvalue weighted by Crippen LogP contribution is 2.40. The third kappa shape index (κ3) is 5.70. The Morgan fingerprint density at radius 3 is 2.28 bits per heavy atom. The van der Waals surface area contributed by atoms with E-state index in [4.69, 9.17) is 18.9 Å². The van der Waals surface area contributed by atoms with Gasteiger partial charge in [-0.1, -0.05) is 6.07 Å². The van der Waals surface area contributed by atoms with Crippen LogP contribution in [0.1, 0.15) is 21.5 Å². The maximum absolute atomic E-state index is 13.2. The number of hydrogen-bond acceptors (Lipinski definition) is 7. The minimum atomic E-state index is -3.77. The number of rotatable bonds is 11. The van der Waals surface area contributed by atoms with E-state index in [0.29, 0.717) is 33.9 Å². The quantitative estimate of drug-likeness (QED) is 0.507. The molecule has 1 N–H and O–H groups in total. The standard InChI is InChI=1S/C22H30N2O7S/c1-15-7-9-17(32(26,27)23-11-12-28-3)13-18(15)22(25)24(2)14-16-8-10-19(29-4)21(31-6)20(16)30-5/h7-10,13,23H,11-12,14H2,1-6H3. The van der Waals surface area contributed by atoms with Crippen molar-refractivity contribution in [3.8, 4) is 17.2 Å². The molecule has 1 amide bonds. The summed E-state index contributed by atoms with van der Waals surface area (Å²) in [5.74, 6) is 1.08. The molecule has 0 saturated heterocycles. The summed E-state index contributed by atoms with van der Waals surface area (Å²) in [6, 6.07) is 7.99. The molecule has 0 spiro atoms. The zero-order chi connectivity index (χ0) is 23.9. The van der Waals surface area contributed by atoms with E-state index >= 15 is 0 Å². The number of carbonyl (C=O) groups excluding carboxylic acids is 1. The van der Waals surface area contributed by atoms with Crippen molar-refractivity contribution in [1.29, 1.82) is 0 Å². The molecule has 176 valence electrons. The molecule has 0 aliphatic heterocycles. The summed E-state index contributed by atoms with van der Waals surface area (Å²) in [5.41, 5.74) is 1.67. The Balaban J connectivity index is 2.32. The fourth-order valence-electron chi connectivity index (χ4n) is 3.18. The van der Waals surface area contributed by atoms with E-state index in [2.05, 4.69) is 4.72 Å². The molecule has 0 aliphatic carbocycles. The molecule has 2 rings (SSSR count). The van der Waals surface area contributed by atoms with E-state index in [9.17, 15) is 13.2 Å². The third-order valence-electron chi connectivity index (χ3n) is 4.89. The first kappa shape index (κ1) is 25.4. The smallest absolute Gasteiger partial charge is 0.254 e. The van der Waals surface area contributed by atoms with Gasteiger partial charge < -0.3 is 23.8 Å². The van der Waals surface area contributed by atoms with Crippen molar-refractivity contribution in [1.82, 2.24) is 9.62 Å². The first-order valence-corrected chi connectivity index (χ1v) is 11.3. The van der Waals surface area contributed by atoms with Crippen molar-refractivity contribution in [3.63, 3.8) is 0 Å². The number of methoxy groups -OCH3 is 4. The Morgan fingerprint density at radius 2 is 1.69 bits per heavy atom. The van der Waals surface area contributed by atoms with Crippen LogP contribution in [-0.4, -0.2) is 67.9 Å². The topological polar surface area (TPSA) is 103 Å². The van der Waals surface area contributed by atoms with Crippen molar-refractivity contribution in [2.45, 2.75) is 18.4 Å². The van der Waals surface area contributed by atoms with Crippen LogP contribution in [0.15, 0.2) is 35.2 Å². The fourth-order valence-corrected chi connectivity index (χ4v) is 4.22. The number of aryl methyl sites for hydroxylation is 1. The van der Waals surface area contributed by atoms with E-state index in [-0.39, 0.29) is 30.5 Å². The van der Waals surface area contributed by atoms with Gasteiger partial charge in [-0.15, -0.1) is 0 Å². The van der Waals surface area contributed by atoms with Gasteiger partial charge in [-0.25, -0.2) is 13.1 Å². The molecule has 0 fully saturated rings. The zero-order valence-corrected chi connectivity index (χ0v) is 20.0. The summed E-state index contributed by atoms with van der Waals surface area (Å²) in [5, 5.41) is 0. The molecule has 0 saturated carbocycles. The lowest BCUT2D eigenvalue weighted by atomic mass is 10.1. The largest absolute Gasteiger partial charge is 0.493 e. The Bertz CT molecular complexity index is 1050. The van der Waals surface area contributed by atoms with Gasteiger partial charge in [0.05, 0.1) is 32.8 Å². The number of ether oxygens (including phenoxy) is 4. The third-order valence-corrected chi connectivity index (χ3v) is 6.35. The van der Waals surface area contributed by atoms with Crippen LogP contribution in [0, 0.1) is 6.92 Å². The lowest BCUT2D eigenvalue weighted by molar-refractivity contribution is 0.0783. The second kappa shape index (κ2) is 11.2. The van der Waals surface area contributed by atoms with E-state index in [1.54, 1.807) is 32.2 Å². The molecule has 10 heteroatoms. The molecular formula is C22H30N2O7S. The molecule has 0 bridgehead atoms. The summed E-state index contributed by atoms with van der Waals surface area (Å²) in [4.78, 5) is 14.7. The van der Waals surface area contributed by atoms with Gasteiger partial charge >= 0.3 is 0 Å². The Morgan fingerprint density at radius 1 is 1.00 bits per heavy atom. The van der Waals surface area contributed by atoms with Crippen LogP contribution in [0.3, 0.4) is 0 Å². The molecule has 0 unspecified atom stereocenters. The fraction of sp³-hybridized carbons (Fsp3) is 0.409. The molecule has 32 heavy (non-hydrogen) atoms. The lowest BCUT2D eigenvalue weighted by Crippen LogP contribution is -2.29. The highest BCUT2D eigenvalue weighted by Gasteiger charge is 2.22. The highest BCUT2D eigenvalue weighted by atomic mass is 32.2. The number of carbonyl (C=O) groups is 1. The van der Waals surface area contributed by atoms with Gasteiger partial charge in [0.2, 0.25) is 15.8 Å². The van der Waals surface area contributed by atoms with Crippen molar-refractivity contribution in [2.24, 2.45) is 0 Å². The van der Waals surface area contributed by atoms with Crippen LogP contribution in [0.25, 0.3) is 0 Å². The normalized spacial score (nSPS) is 11.2. The Kier molecular flexibility index (Phi) is 8.88. The molecule has 0 aliphatic rings. The molecule has 2 aromatic rings. The number of benzene rings is 2. The SMILES string of the molecule is COCCNS(=O)(=O)c1ccc(C)c(C(=O)N(C)Cc2ccc(OC)c(OC)c2OC)c1. The van der Waals surface area contributed by atoms with E-state index in [1.807, 2.05) is 0 Å². The van der Waals surface area contributed by atoms with Crippen LogP contribution < -0.4 is 18.9 Å². The maximum atomic E-state index is 13.2. The summed E-state index contributed by atoms with van der Waals surface area (Å²) < 4.78 is 48.6. The van der Waals surface area contributed by atoms with Crippen molar-refractivity contribution in [3.05, 3.63) is 47.0 Å². The van der Waals surface area contributed by atoms with Crippen LogP contribution in [-0.2, 0) is 21.3 Å². The second-order valence-electron chi connectivity index (χ2n) is 7.02. The minimum Gasteiger partial charge on any atom is -0.493 e. The number of hydrogen-bond donors (Lipinski definition) is 1. The maximum Gasteiger partial charge on any atom is 0.254 e. The number of nitrogens with one attached hydrogen (secondary N) is 1. The number of sulfonamides is 1. The predicted molar refractivity (Wildman–Crippen MR) is 120 cm³/mol. The van der Waals surface area contributed by atoms with Crippen LogP contribution >= 0.6 is 0 Å². The van der Waals surface area contributed by atoms with E-state index < -0.39 is 10.0 Å². The monoisotopic (exact) mass is 466 g/mol. The first-order chi connectivity index (χ1) is 15.2. The Hall–Kier alpha value is -2.82. The van der Waals surface area contributed by atoms with Crippen molar-refractivity contribution < 1.29 is 32.2 Å². The van der Waals surface area contributed by atoms with Crippen LogP contribution in [0.5, 0.6) is 17.2 Å². The number of nitrogens with zero attached hydrogens (tertiary/aromatic N) is 1. The van der Waals surface area contributed by atoms with Gasteiger partial charge in [0.15, 0.2) is 11.5 Å². The summed E-state index contributed by atoms with van der Waals surface area (Å²) >= 11 is 0. The van der Waals surface area contributed by atoms with E-state index in [0.717, 1.165) is 0 Å². The average molecular weight is 467 g/mol. The van der Waals surface area contributed by atoms with Gasteiger partial charge in [0, 0.05) is 38.4 Å². The molecule has 0 aromatic heterocycles. The van der Waals surface area contributed by atoms with Gasteiger partial charge in [-0.2, -0.15) is 0 Å². The van der Waals surface area contributed by atoms with Crippen molar-refractivity contribution in [2.75, 3.05) is 48.6 Å². The first-order valence-electron chi connectivity index (χ1n) is 9.82. The molecule has 0 heterocycles. The predicted octanol–water partition coefficient (Wildman–Crippen LogP) is 2.22. The lowest BCUT2D eigenvalue weighted by Gasteiger charge is -2.22. The second-order valence-corrected chi connectivity index (χ2v) is 8.79. The Labute approximate surface area is 189 Å². The highest BCUT2D eigenvalue weighted by molar-refractivity contribution is 7.89. The molecule has 9 nitrogen and oxygen atoms in total. The summed E-state index contributed by atoms with van der Waals surface area (Å²) in [7, 11) is 3.90. The van der Waals surface area contributed by atoms with Gasteiger partial charge in [-0.05, 0) is 36.8 Å². The van der Waals surface area contributed by atoms with Crippen molar-refractivity contribution >= 4 is 15.9 Å². The van der Waals surface area contributed by atoms with E-state index in [1.165, 1.54) is 45.5 Å². The van der Waals surface area contributed by atoms with Crippen LogP contribution in [0.2, 0.25) is 0 Å².